The number of hydrogen-bond donors (Lipinski definition) is 4. The largest absolute Gasteiger partial charge is 0.394 e. The number of hydrogen-bond acceptors (Lipinski definition) is 5. The predicted octanol–water partition coefficient (Wildman–Crippen LogP) is -0.130. The van der Waals surface area contributed by atoms with Gasteiger partial charge in [0.1, 0.15) is 0 Å². The summed E-state index contributed by atoms with van der Waals surface area (Å²) in [4.78, 5) is 24.3. The minimum atomic E-state index is -0.790. The maximum Gasteiger partial charge on any atom is 0.252 e. The van der Waals surface area contributed by atoms with Crippen LogP contribution in [0.15, 0.2) is 35.5 Å². The molecule has 122 valence electrons. The third-order valence-electron chi connectivity index (χ3n) is 3.48. The molecule has 1 unspecified atom stereocenters. The molecule has 0 aliphatic carbocycles. The maximum absolute atomic E-state index is 11.9. The summed E-state index contributed by atoms with van der Waals surface area (Å²) in [5, 5.41) is 21.0. The summed E-state index contributed by atoms with van der Waals surface area (Å²) in [6.45, 7) is 0.200. The first-order valence-electron chi connectivity index (χ1n) is 6.90. The van der Waals surface area contributed by atoms with Crippen LogP contribution in [0.5, 0.6) is 0 Å². The number of nitrogens with zero attached hydrogens (tertiary/aromatic N) is 1. The fourth-order valence-corrected chi connectivity index (χ4v) is 2.62. The highest BCUT2D eigenvalue weighted by molar-refractivity contribution is 6.32. The van der Waals surface area contributed by atoms with E-state index in [2.05, 4.69) is 5.32 Å². The minimum Gasteiger partial charge on any atom is -0.394 e. The van der Waals surface area contributed by atoms with E-state index in [1.807, 2.05) is 0 Å². The van der Waals surface area contributed by atoms with E-state index in [0.717, 1.165) is 0 Å². The molecule has 8 heteroatoms. The van der Waals surface area contributed by atoms with Crippen LogP contribution in [0.4, 0.5) is 0 Å². The summed E-state index contributed by atoms with van der Waals surface area (Å²) in [6.07, 6.45) is 0.630. The zero-order chi connectivity index (χ0) is 17.0. The average Bonchev–Trinajstić information content (AvgIpc) is 2.54. The van der Waals surface area contributed by atoms with E-state index >= 15 is 0 Å². The standard InChI is InChI=1S/C15H17ClN4O3/c16-10-3-1-2-9(4-10)14(17)13(15(18)23)12-6-20(8-22)5-11(7-21)19-12/h1-4,8,11,17,19,21H,5-7H2,(H2,18,23)/b13-12+,17-14?. The molecule has 1 aromatic carbocycles. The molecule has 0 aromatic heterocycles. The van der Waals surface area contributed by atoms with Crippen molar-refractivity contribution < 1.29 is 14.7 Å². The van der Waals surface area contributed by atoms with E-state index in [0.29, 0.717) is 29.2 Å². The molecule has 1 aromatic rings. The van der Waals surface area contributed by atoms with Crippen molar-refractivity contribution in [2.75, 3.05) is 19.7 Å². The third-order valence-corrected chi connectivity index (χ3v) is 3.71. The Kier molecular flexibility index (Phi) is 5.36. The summed E-state index contributed by atoms with van der Waals surface area (Å²) in [7, 11) is 0. The highest BCUT2D eigenvalue weighted by Gasteiger charge is 2.27. The molecule has 1 saturated heterocycles. The number of piperazine rings is 1. The molecule has 0 spiro atoms. The Bertz CT molecular complexity index is 674. The molecule has 23 heavy (non-hydrogen) atoms. The summed E-state index contributed by atoms with van der Waals surface area (Å²) in [5.74, 6) is -0.790. The lowest BCUT2D eigenvalue weighted by Gasteiger charge is -2.33. The second kappa shape index (κ2) is 7.26. The molecule has 2 amide bonds. The topological polar surface area (TPSA) is 120 Å². The zero-order valence-corrected chi connectivity index (χ0v) is 13.0. The number of carbonyl (C=O) groups excluding carboxylic acids is 2. The number of aliphatic hydroxyl groups is 1. The van der Waals surface area contributed by atoms with Crippen molar-refractivity contribution in [3.63, 3.8) is 0 Å². The molecule has 1 aliphatic heterocycles. The first-order valence-corrected chi connectivity index (χ1v) is 7.28. The summed E-state index contributed by atoms with van der Waals surface area (Å²) in [6, 6.07) is 6.09. The van der Waals surface area contributed by atoms with Crippen LogP contribution in [0.25, 0.3) is 0 Å². The molecule has 1 heterocycles. The van der Waals surface area contributed by atoms with Crippen molar-refractivity contribution in [1.29, 1.82) is 5.41 Å². The van der Waals surface area contributed by atoms with Crippen LogP contribution in [-0.4, -0.2) is 53.8 Å². The van der Waals surface area contributed by atoms with Gasteiger partial charge in [0.05, 0.1) is 30.5 Å². The lowest BCUT2D eigenvalue weighted by Crippen LogP contribution is -2.51. The number of amides is 2. The summed E-state index contributed by atoms with van der Waals surface area (Å²) < 4.78 is 0. The van der Waals surface area contributed by atoms with Crippen molar-refractivity contribution in [3.05, 3.63) is 46.1 Å². The normalized spacial score (nSPS) is 19.7. The van der Waals surface area contributed by atoms with Crippen molar-refractivity contribution in [2.45, 2.75) is 6.04 Å². The number of nitrogens with one attached hydrogen (secondary N) is 2. The Balaban J connectivity index is 2.45. The highest BCUT2D eigenvalue weighted by atomic mass is 35.5. The Morgan fingerprint density at radius 2 is 2.30 bits per heavy atom. The SMILES string of the molecule is N=C(/C(C(N)=O)=C1/CN(C=O)CC(CO)N1)c1cccc(Cl)c1. The maximum atomic E-state index is 11.9. The van der Waals surface area contributed by atoms with Gasteiger partial charge < -0.3 is 21.1 Å². The first-order chi connectivity index (χ1) is 11.0. The Hall–Kier alpha value is -2.38. The molecule has 0 saturated carbocycles. The number of nitrogens with two attached hydrogens (primary N) is 1. The number of primary amides is 1. The van der Waals surface area contributed by atoms with Gasteiger partial charge >= 0.3 is 0 Å². The van der Waals surface area contributed by atoms with Crippen molar-refractivity contribution in [3.8, 4) is 0 Å². The quantitative estimate of drug-likeness (QED) is 0.340. The Morgan fingerprint density at radius 1 is 1.57 bits per heavy atom. The smallest absolute Gasteiger partial charge is 0.252 e. The van der Waals surface area contributed by atoms with E-state index in [4.69, 9.17) is 22.7 Å². The lowest BCUT2D eigenvalue weighted by atomic mass is 9.98. The van der Waals surface area contributed by atoms with Gasteiger partial charge in [0.15, 0.2) is 0 Å². The molecular formula is C15H17ClN4O3. The Morgan fingerprint density at radius 3 is 2.87 bits per heavy atom. The number of benzene rings is 1. The van der Waals surface area contributed by atoms with E-state index in [9.17, 15) is 14.7 Å². The van der Waals surface area contributed by atoms with Crippen LogP contribution >= 0.6 is 11.6 Å². The monoisotopic (exact) mass is 336 g/mol. The van der Waals surface area contributed by atoms with Gasteiger partial charge in [-0.05, 0) is 12.1 Å². The predicted molar refractivity (Wildman–Crippen MR) is 86.1 cm³/mol. The van der Waals surface area contributed by atoms with Gasteiger partial charge in [-0.3, -0.25) is 15.0 Å². The fraction of sp³-hybridized carbons (Fsp3) is 0.267. The van der Waals surface area contributed by atoms with Crippen LogP contribution in [0.1, 0.15) is 5.56 Å². The summed E-state index contributed by atoms with van der Waals surface area (Å²) in [5.41, 5.74) is 6.08. The minimum absolute atomic E-state index is 0.0303. The number of carbonyl (C=O) groups is 2. The number of aliphatic hydroxyl groups excluding tert-OH is 1. The molecule has 2 rings (SSSR count). The molecule has 1 atom stereocenters. The van der Waals surface area contributed by atoms with E-state index < -0.39 is 11.9 Å². The van der Waals surface area contributed by atoms with Crippen molar-refractivity contribution in [1.82, 2.24) is 10.2 Å². The molecule has 1 aliphatic rings. The fourth-order valence-electron chi connectivity index (χ4n) is 2.43. The van der Waals surface area contributed by atoms with Crippen LogP contribution in [0.3, 0.4) is 0 Å². The van der Waals surface area contributed by atoms with Gasteiger partial charge in [-0.2, -0.15) is 0 Å². The van der Waals surface area contributed by atoms with Gasteiger partial charge in [0, 0.05) is 22.8 Å². The average molecular weight is 337 g/mol. The van der Waals surface area contributed by atoms with Gasteiger partial charge in [-0.25, -0.2) is 0 Å². The van der Waals surface area contributed by atoms with Gasteiger partial charge in [-0.15, -0.1) is 0 Å². The van der Waals surface area contributed by atoms with E-state index in [-0.39, 0.29) is 24.4 Å². The highest BCUT2D eigenvalue weighted by Crippen LogP contribution is 2.18. The summed E-state index contributed by atoms with van der Waals surface area (Å²) >= 11 is 5.92. The third kappa shape index (κ3) is 3.88. The lowest BCUT2D eigenvalue weighted by molar-refractivity contribution is -0.119. The second-order valence-corrected chi connectivity index (χ2v) is 5.60. The molecule has 0 bridgehead atoms. The molecular weight excluding hydrogens is 320 g/mol. The molecule has 0 radical (unpaired) electrons. The first kappa shape index (κ1) is 17.0. The van der Waals surface area contributed by atoms with Crippen LogP contribution in [0.2, 0.25) is 5.02 Å². The number of halogens is 1. The van der Waals surface area contributed by atoms with Crippen molar-refractivity contribution >= 4 is 29.6 Å². The molecule has 1 fully saturated rings. The van der Waals surface area contributed by atoms with Crippen molar-refractivity contribution in [2.24, 2.45) is 5.73 Å². The van der Waals surface area contributed by atoms with Crippen LogP contribution in [-0.2, 0) is 9.59 Å². The molecule has 5 N–H and O–H groups in total. The van der Waals surface area contributed by atoms with Crippen LogP contribution < -0.4 is 11.1 Å². The van der Waals surface area contributed by atoms with Gasteiger partial charge in [0.25, 0.3) is 5.91 Å². The molecule has 7 nitrogen and oxygen atoms in total. The van der Waals surface area contributed by atoms with Gasteiger partial charge in [0.2, 0.25) is 6.41 Å². The van der Waals surface area contributed by atoms with Crippen LogP contribution in [0, 0.1) is 5.41 Å². The number of rotatable bonds is 5. The second-order valence-electron chi connectivity index (χ2n) is 5.16. The van der Waals surface area contributed by atoms with E-state index in [1.54, 1.807) is 24.3 Å². The van der Waals surface area contributed by atoms with E-state index in [1.165, 1.54) is 4.90 Å². The van der Waals surface area contributed by atoms with Gasteiger partial charge in [-0.1, -0.05) is 23.7 Å². The Labute approximate surface area is 138 Å². The zero-order valence-electron chi connectivity index (χ0n) is 12.3.